The molecule has 0 bridgehead atoms. The van der Waals surface area contributed by atoms with E-state index in [1.807, 2.05) is 19.1 Å². The van der Waals surface area contributed by atoms with Crippen molar-refractivity contribution in [2.24, 2.45) is 0 Å². The molecule has 4 nitrogen and oxygen atoms in total. The predicted molar refractivity (Wildman–Crippen MR) is 91.7 cm³/mol. The van der Waals surface area contributed by atoms with Gasteiger partial charge in [0.2, 0.25) is 0 Å². The molecule has 0 aliphatic rings. The van der Waals surface area contributed by atoms with Crippen LogP contribution >= 0.6 is 0 Å². The Labute approximate surface area is 143 Å². The summed E-state index contributed by atoms with van der Waals surface area (Å²) in [5.41, 5.74) is 2.00. The van der Waals surface area contributed by atoms with Gasteiger partial charge in [-0.3, -0.25) is 4.79 Å². The van der Waals surface area contributed by atoms with Crippen LogP contribution in [0.1, 0.15) is 23.1 Å². The maximum atomic E-state index is 13.5. The van der Waals surface area contributed by atoms with E-state index in [1.165, 1.54) is 12.1 Å². The van der Waals surface area contributed by atoms with Gasteiger partial charge in [-0.05, 0) is 36.6 Å². The number of rotatable bonds is 5. The van der Waals surface area contributed by atoms with E-state index in [0.29, 0.717) is 16.7 Å². The third-order valence-electron chi connectivity index (χ3n) is 3.93. The first-order chi connectivity index (χ1) is 12.0. The number of aryl methyl sites for hydroxylation is 2. The highest BCUT2D eigenvalue weighted by Crippen LogP contribution is 2.19. The average Bonchev–Trinajstić information content (AvgIpc) is 2.58. The van der Waals surface area contributed by atoms with Crippen LogP contribution in [0.4, 0.5) is 4.39 Å². The van der Waals surface area contributed by atoms with Gasteiger partial charge in [-0.25, -0.2) is 9.18 Å². The number of esters is 1. The molecule has 0 aliphatic heterocycles. The molecule has 2 aromatic carbocycles. The molecule has 25 heavy (non-hydrogen) atoms. The van der Waals surface area contributed by atoms with E-state index in [2.05, 4.69) is 0 Å². The van der Waals surface area contributed by atoms with E-state index in [0.717, 1.165) is 10.9 Å². The Balaban J connectivity index is 1.67. The third-order valence-corrected chi connectivity index (χ3v) is 3.93. The van der Waals surface area contributed by atoms with E-state index in [-0.39, 0.29) is 25.3 Å². The number of carbonyl (C=O) groups excluding carboxylic acids is 1. The van der Waals surface area contributed by atoms with Gasteiger partial charge >= 0.3 is 11.6 Å². The lowest BCUT2D eigenvalue weighted by Crippen LogP contribution is -2.09. The number of carbonyl (C=O) groups is 1. The van der Waals surface area contributed by atoms with Crippen molar-refractivity contribution in [2.75, 3.05) is 0 Å². The summed E-state index contributed by atoms with van der Waals surface area (Å²) >= 11 is 0. The number of hydrogen-bond donors (Lipinski definition) is 0. The summed E-state index contributed by atoms with van der Waals surface area (Å²) in [6, 6.07) is 13.1. The van der Waals surface area contributed by atoms with Crippen LogP contribution in [0, 0.1) is 12.7 Å². The van der Waals surface area contributed by atoms with E-state index in [4.69, 9.17) is 9.15 Å². The molecule has 0 atom stereocenters. The second-order valence-corrected chi connectivity index (χ2v) is 5.84. The lowest BCUT2D eigenvalue weighted by molar-refractivity contribution is -0.144. The minimum Gasteiger partial charge on any atom is -0.461 e. The molecule has 0 aliphatic carbocycles. The summed E-state index contributed by atoms with van der Waals surface area (Å²) < 4.78 is 24.0. The summed E-state index contributed by atoms with van der Waals surface area (Å²) in [5, 5.41) is 0.729. The normalized spacial score (nSPS) is 10.8. The van der Waals surface area contributed by atoms with Gasteiger partial charge in [0, 0.05) is 23.4 Å². The molecule has 3 aromatic rings. The minimum atomic E-state index is -0.490. The quantitative estimate of drug-likeness (QED) is 0.522. The SMILES string of the molecule is Cc1ccc2c(COC(=O)CCc3ccccc3F)cc(=O)oc2c1. The maximum absolute atomic E-state index is 13.5. The second-order valence-electron chi connectivity index (χ2n) is 5.84. The van der Waals surface area contributed by atoms with Crippen molar-refractivity contribution in [2.45, 2.75) is 26.4 Å². The molecule has 0 radical (unpaired) electrons. The summed E-state index contributed by atoms with van der Waals surface area (Å²) in [4.78, 5) is 23.6. The van der Waals surface area contributed by atoms with Gasteiger partial charge in [0.15, 0.2) is 0 Å². The zero-order valence-electron chi connectivity index (χ0n) is 13.8. The summed E-state index contributed by atoms with van der Waals surface area (Å²) in [5.74, 6) is -0.783. The van der Waals surface area contributed by atoms with Crippen LogP contribution in [-0.4, -0.2) is 5.97 Å². The van der Waals surface area contributed by atoms with Crippen molar-refractivity contribution in [1.29, 1.82) is 0 Å². The largest absolute Gasteiger partial charge is 0.461 e. The molecular formula is C20H17FO4. The monoisotopic (exact) mass is 340 g/mol. The van der Waals surface area contributed by atoms with Crippen LogP contribution in [-0.2, 0) is 22.6 Å². The van der Waals surface area contributed by atoms with E-state index in [1.54, 1.807) is 24.3 Å². The van der Waals surface area contributed by atoms with E-state index >= 15 is 0 Å². The minimum absolute atomic E-state index is 0.0265. The molecule has 0 amide bonds. The van der Waals surface area contributed by atoms with Gasteiger partial charge in [-0.1, -0.05) is 30.3 Å². The topological polar surface area (TPSA) is 56.5 Å². The molecule has 5 heteroatoms. The molecule has 0 N–H and O–H groups in total. The number of ether oxygens (including phenoxy) is 1. The van der Waals surface area contributed by atoms with Crippen molar-refractivity contribution in [3.63, 3.8) is 0 Å². The number of halogens is 1. The molecule has 0 unspecified atom stereocenters. The molecule has 0 saturated carbocycles. The van der Waals surface area contributed by atoms with E-state index < -0.39 is 11.6 Å². The molecule has 3 rings (SSSR count). The van der Waals surface area contributed by atoms with Crippen LogP contribution in [0.25, 0.3) is 11.0 Å². The highest BCUT2D eigenvalue weighted by molar-refractivity contribution is 5.81. The van der Waals surface area contributed by atoms with Gasteiger partial charge in [-0.2, -0.15) is 0 Å². The van der Waals surface area contributed by atoms with Crippen molar-refractivity contribution in [3.8, 4) is 0 Å². The standard InChI is InChI=1S/C20H17FO4/c1-13-6-8-16-15(11-20(23)25-18(16)10-13)12-24-19(22)9-7-14-4-2-3-5-17(14)21/h2-6,8,10-11H,7,9,12H2,1H3. The predicted octanol–water partition coefficient (Wildman–Crippen LogP) is 3.92. The Morgan fingerprint density at radius 1 is 1.12 bits per heavy atom. The smallest absolute Gasteiger partial charge is 0.336 e. The zero-order valence-corrected chi connectivity index (χ0v) is 13.8. The first kappa shape index (κ1) is 16.9. The van der Waals surface area contributed by atoms with Gasteiger partial charge in [-0.15, -0.1) is 0 Å². The molecule has 1 heterocycles. The number of fused-ring (bicyclic) bond motifs is 1. The molecule has 0 spiro atoms. The highest BCUT2D eigenvalue weighted by atomic mass is 19.1. The summed E-state index contributed by atoms with van der Waals surface area (Å²) in [7, 11) is 0. The van der Waals surface area contributed by atoms with Gasteiger partial charge in [0.25, 0.3) is 0 Å². The Morgan fingerprint density at radius 2 is 1.92 bits per heavy atom. The average molecular weight is 340 g/mol. The van der Waals surface area contributed by atoms with E-state index in [9.17, 15) is 14.0 Å². The Hall–Kier alpha value is -2.95. The molecular weight excluding hydrogens is 323 g/mol. The maximum Gasteiger partial charge on any atom is 0.336 e. The molecule has 128 valence electrons. The Morgan fingerprint density at radius 3 is 2.72 bits per heavy atom. The first-order valence-corrected chi connectivity index (χ1v) is 7.95. The Kier molecular flexibility index (Phi) is 4.93. The summed E-state index contributed by atoms with van der Waals surface area (Å²) in [6.07, 6.45) is 0.335. The third kappa shape index (κ3) is 4.12. The van der Waals surface area contributed by atoms with Gasteiger partial charge < -0.3 is 9.15 Å². The van der Waals surface area contributed by atoms with Crippen LogP contribution in [0.15, 0.2) is 57.7 Å². The van der Waals surface area contributed by atoms with Crippen LogP contribution < -0.4 is 5.63 Å². The fourth-order valence-corrected chi connectivity index (χ4v) is 2.62. The summed E-state index contributed by atoms with van der Waals surface area (Å²) in [6.45, 7) is 1.87. The van der Waals surface area contributed by atoms with Gasteiger partial charge in [0.1, 0.15) is 18.0 Å². The van der Waals surface area contributed by atoms with Crippen LogP contribution in [0.2, 0.25) is 0 Å². The lowest BCUT2D eigenvalue weighted by atomic mass is 10.1. The van der Waals surface area contributed by atoms with Crippen LogP contribution in [0.3, 0.4) is 0 Å². The molecule has 0 saturated heterocycles. The van der Waals surface area contributed by atoms with Gasteiger partial charge in [0.05, 0.1) is 0 Å². The highest BCUT2D eigenvalue weighted by Gasteiger charge is 2.10. The fraction of sp³-hybridized carbons (Fsp3) is 0.200. The molecule has 1 aromatic heterocycles. The molecule has 0 fully saturated rings. The van der Waals surface area contributed by atoms with Crippen LogP contribution in [0.5, 0.6) is 0 Å². The first-order valence-electron chi connectivity index (χ1n) is 7.95. The number of hydrogen-bond acceptors (Lipinski definition) is 4. The Bertz CT molecular complexity index is 975. The number of benzene rings is 2. The second kappa shape index (κ2) is 7.30. The van der Waals surface area contributed by atoms with Crippen molar-refractivity contribution in [1.82, 2.24) is 0 Å². The fourth-order valence-electron chi connectivity index (χ4n) is 2.62. The van der Waals surface area contributed by atoms with Crippen molar-refractivity contribution < 1.29 is 18.3 Å². The van der Waals surface area contributed by atoms with Crippen molar-refractivity contribution >= 4 is 16.9 Å². The van der Waals surface area contributed by atoms with Crippen molar-refractivity contribution in [3.05, 3.63) is 81.5 Å². The lowest BCUT2D eigenvalue weighted by Gasteiger charge is -2.08. The zero-order chi connectivity index (χ0) is 17.8.